The summed E-state index contributed by atoms with van der Waals surface area (Å²) in [6, 6.07) is 5.02. The summed E-state index contributed by atoms with van der Waals surface area (Å²) in [4.78, 5) is 12.0. The molecular weight excluding hydrogens is 236 g/mol. The fraction of sp³-hybridized carbons (Fsp3) is 0.462. The molecule has 0 saturated carbocycles. The van der Waals surface area contributed by atoms with Gasteiger partial charge in [0, 0.05) is 5.56 Å². The van der Waals surface area contributed by atoms with Gasteiger partial charge >= 0.3 is 0 Å². The normalized spacial score (nSPS) is 13.4. The highest BCUT2D eigenvalue weighted by Crippen LogP contribution is 2.19. The molecule has 0 radical (unpaired) electrons. The van der Waals surface area contributed by atoms with Crippen molar-refractivity contribution in [1.29, 1.82) is 0 Å². The van der Waals surface area contributed by atoms with Crippen LogP contribution in [0.3, 0.4) is 0 Å². The molecule has 5 nitrogen and oxygen atoms in total. The Labute approximate surface area is 105 Å². The summed E-state index contributed by atoms with van der Waals surface area (Å²) in [7, 11) is 0. The Morgan fingerprint density at radius 3 is 2.33 bits per heavy atom. The molecule has 0 aliphatic carbocycles. The summed E-state index contributed by atoms with van der Waals surface area (Å²) < 4.78 is 0. The Kier molecular flexibility index (Phi) is 4.59. The average Bonchev–Trinajstić information content (AvgIpc) is 2.39. The van der Waals surface area contributed by atoms with E-state index >= 15 is 0 Å². The van der Waals surface area contributed by atoms with Crippen LogP contribution in [-0.2, 0) is 0 Å². The number of benzene rings is 1. The first kappa shape index (κ1) is 14.8. The Balaban J connectivity index is 3.11. The number of carbonyl (C=O) groups is 1. The van der Waals surface area contributed by atoms with Crippen molar-refractivity contribution in [3.63, 3.8) is 0 Å². The molecule has 0 aromatic heterocycles. The lowest BCUT2D eigenvalue weighted by Crippen LogP contribution is -2.53. The number of aryl methyl sites for hydroxylation is 1. The van der Waals surface area contributed by atoms with E-state index in [1.165, 1.54) is 6.07 Å². The molecule has 1 aromatic carbocycles. The van der Waals surface area contributed by atoms with Gasteiger partial charge in [0.15, 0.2) is 5.78 Å². The van der Waals surface area contributed by atoms with Crippen LogP contribution < -0.4 is 0 Å². The minimum Gasteiger partial charge on any atom is -0.393 e. The topological polar surface area (TPSA) is 98.0 Å². The van der Waals surface area contributed by atoms with Crippen LogP contribution in [0.15, 0.2) is 18.2 Å². The largest absolute Gasteiger partial charge is 0.393 e. The van der Waals surface area contributed by atoms with Gasteiger partial charge in [0.1, 0.15) is 11.7 Å². The standard InChI is InChI=1S/C13H18O5/c1-8-4-3-5-10(9(8)2)11(16)12(17)13(18,6-14)7-15/h3-5,12,14-15,17-18H,6-7H2,1-2H3/t12-/m0/s1. The summed E-state index contributed by atoms with van der Waals surface area (Å²) in [6.07, 6.45) is -1.87. The fourth-order valence-corrected chi connectivity index (χ4v) is 1.63. The van der Waals surface area contributed by atoms with Crippen molar-refractivity contribution in [1.82, 2.24) is 0 Å². The first-order valence-corrected chi connectivity index (χ1v) is 5.60. The van der Waals surface area contributed by atoms with Crippen molar-refractivity contribution >= 4 is 5.78 Å². The monoisotopic (exact) mass is 254 g/mol. The van der Waals surface area contributed by atoms with Crippen LogP contribution in [0.2, 0.25) is 0 Å². The molecule has 0 saturated heterocycles. The fourth-order valence-electron chi connectivity index (χ4n) is 1.63. The second kappa shape index (κ2) is 5.58. The van der Waals surface area contributed by atoms with E-state index in [4.69, 9.17) is 10.2 Å². The zero-order valence-corrected chi connectivity index (χ0v) is 10.4. The van der Waals surface area contributed by atoms with Gasteiger partial charge in [-0.3, -0.25) is 4.79 Å². The third-order valence-corrected chi connectivity index (χ3v) is 3.18. The lowest BCUT2D eigenvalue weighted by molar-refractivity contribution is -0.115. The predicted molar refractivity (Wildman–Crippen MR) is 65.4 cm³/mol. The van der Waals surface area contributed by atoms with Crippen molar-refractivity contribution in [2.75, 3.05) is 13.2 Å². The molecule has 0 bridgehead atoms. The van der Waals surface area contributed by atoms with Gasteiger partial charge in [-0.2, -0.15) is 0 Å². The van der Waals surface area contributed by atoms with Gasteiger partial charge in [-0.15, -0.1) is 0 Å². The van der Waals surface area contributed by atoms with Crippen molar-refractivity contribution in [2.45, 2.75) is 25.6 Å². The number of carbonyl (C=O) groups excluding carboxylic acids is 1. The average molecular weight is 254 g/mol. The molecule has 0 amide bonds. The van der Waals surface area contributed by atoms with Crippen molar-refractivity contribution in [2.24, 2.45) is 0 Å². The number of hydrogen-bond donors (Lipinski definition) is 4. The highest BCUT2D eigenvalue weighted by atomic mass is 16.4. The molecule has 1 rings (SSSR count). The Hall–Kier alpha value is -1.27. The zero-order valence-electron chi connectivity index (χ0n) is 10.4. The van der Waals surface area contributed by atoms with E-state index in [1.54, 1.807) is 13.0 Å². The van der Waals surface area contributed by atoms with E-state index in [0.29, 0.717) is 5.56 Å². The predicted octanol–water partition coefficient (Wildman–Crippen LogP) is -0.437. The van der Waals surface area contributed by atoms with Gasteiger partial charge in [-0.25, -0.2) is 0 Å². The Morgan fingerprint density at radius 1 is 1.28 bits per heavy atom. The molecule has 0 aliphatic heterocycles. The summed E-state index contributed by atoms with van der Waals surface area (Å²) >= 11 is 0. The van der Waals surface area contributed by atoms with E-state index in [9.17, 15) is 15.0 Å². The molecule has 0 unspecified atom stereocenters. The van der Waals surface area contributed by atoms with Gasteiger partial charge < -0.3 is 20.4 Å². The maximum absolute atomic E-state index is 12.0. The second-order valence-corrected chi connectivity index (χ2v) is 4.43. The summed E-state index contributed by atoms with van der Waals surface area (Å²) in [6.45, 7) is 1.75. The van der Waals surface area contributed by atoms with E-state index in [2.05, 4.69) is 0 Å². The van der Waals surface area contributed by atoms with Gasteiger partial charge in [0.2, 0.25) is 0 Å². The van der Waals surface area contributed by atoms with Crippen LogP contribution in [0, 0.1) is 13.8 Å². The van der Waals surface area contributed by atoms with Crippen LogP contribution in [0.25, 0.3) is 0 Å². The number of ketones is 1. The molecule has 0 heterocycles. The third-order valence-electron chi connectivity index (χ3n) is 3.18. The summed E-state index contributed by atoms with van der Waals surface area (Å²) in [5.41, 5.74) is -0.389. The lowest BCUT2D eigenvalue weighted by Gasteiger charge is -2.28. The number of aliphatic hydroxyl groups is 4. The SMILES string of the molecule is Cc1cccc(C(=O)[C@H](O)C(O)(CO)CO)c1C. The van der Waals surface area contributed by atoms with Crippen molar-refractivity contribution in [3.05, 3.63) is 34.9 Å². The van der Waals surface area contributed by atoms with Crippen LogP contribution >= 0.6 is 0 Å². The van der Waals surface area contributed by atoms with Crippen molar-refractivity contribution in [3.8, 4) is 0 Å². The zero-order chi connectivity index (χ0) is 13.9. The van der Waals surface area contributed by atoms with E-state index in [-0.39, 0.29) is 5.56 Å². The number of hydrogen-bond acceptors (Lipinski definition) is 5. The van der Waals surface area contributed by atoms with Gasteiger partial charge in [-0.05, 0) is 25.0 Å². The number of rotatable bonds is 5. The number of aliphatic hydroxyl groups excluding tert-OH is 3. The molecular formula is C13H18O5. The summed E-state index contributed by atoms with van der Waals surface area (Å²) in [5.74, 6) is -0.721. The van der Waals surface area contributed by atoms with Crippen LogP contribution in [0.4, 0.5) is 0 Å². The highest BCUT2D eigenvalue weighted by Gasteiger charge is 2.40. The van der Waals surface area contributed by atoms with Crippen molar-refractivity contribution < 1.29 is 25.2 Å². The molecule has 4 N–H and O–H groups in total. The minimum absolute atomic E-state index is 0.267. The summed E-state index contributed by atoms with van der Waals surface area (Å²) in [5, 5.41) is 37.4. The molecule has 100 valence electrons. The lowest BCUT2D eigenvalue weighted by atomic mass is 9.89. The smallest absolute Gasteiger partial charge is 0.194 e. The Bertz CT molecular complexity index is 437. The van der Waals surface area contributed by atoms with Crippen LogP contribution in [-0.4, -0.2) is 51.1 Å². The molecule has 5 heteroatoms. The molecule has 0 spiro atoms. The van der Waals surface area contributed by atoms with Gasteiger partial charge in [0.25, 0.3) is 0 Å². The number of Topliss-reactive ketones (excluding diaryl/α,β-unsaturated/α-hetero) is 1. The maximum atomic E-state index is 12.0. The highest BCUT2D eigenvalue weighted by molar-refractivity contribution is 6.01. The van der Waals surface area contributed by atoms with Gasteiger partial charge in [-0.1, -0.05) is 18.2 Å². The van der Waals surface area contributed by atoms with E-state index in [1.807, 2.05) is 13.0 Å². The molecule has 1 aromatic rings. The van der Waals surface area contributed by atoms with Crippen LogP contribution in [0.1, 0.15) is 21.5 Å². The molecule has 0 aliphatic rings. The molecule has 1 atom stereocenters. The second-order valence-electron chi connectivity index (χ2n) is 4.43. The maximum Gasteiger partial charge on any atom is 0.194 e. The quantitative estimate of drug-likeness (QED) is 0.534. The molecule has 0 fully saturated rings. The first-order valence-electron chi connectivity index (χ1n) is 5.60. The van der Waals surface area contributed by atoms with E-state index < -0.39 is 30.7 Å². The van der Waals surface area contributed by atoms with Gasteiger partial charge in [0.05, 0.1) is 13.2 Å². The van der Waals surface area contributed by atoms with Crippen LogP contribution in [0.5, 0.6) is 0 Å². The first-order chi connectivity index (χ1) is 8.37. The van der Waals surface area contributed by atoms with E-state index in [0.717, 1.165) is 5.56 Å². The Morgan fingerprint density at radius 2 is 1.83 bits per heavy atom. The molecule has 18 heavy (non-hydrogen) atoms. The third kappa shape index (κ3) is 2.59. The minimum atomic E-state index is -2.23.